The van der Waals surface area contributed by atoms with Gasteiger partial charge in [0.2, 0.25) is 5.95 Å². The zero-order chi connectivity index (χ0) is 30.6. The Bertz CT molecular complexity index is 1590. The van der Waals surface area contributed by atoms with E-state index in [9.17, 15) is 9.59 Å². The van der Waals surface area contributed by atoms with Crippen LogP contribution < -0.4 is 16.0 Å². The zero-order valence-corrected chi connectivity index (χ0v) is 25.7. The fraction of sp³-hybridized carbons (Fsp3) is 0.333. The molecule has 1 heterocycles. The number of hydrogen-bond acceptors (Lipinski definition) is 5. The van der Waals surface area contributed by atoms with Crippen molar-refractivity contribution < 1.29 is 9.59 Å². The van der Waals surface area contributed by atoms with Crippen LogP contribution in [0.4, 0.5) is 17.3 Å². The molecule has 0 saturated heterocycles. The second-order valence-electron chi connectivity index (χ2n) is 12.6. The van der Waals surface area contributed by atoms with E-state index in [-0.39, 0.29) is 23.3 Å². The summed E-state index contributed by atoms with van der Waals surface area (Å²) < 4.78 is 0. The van der Waals surface area contributed by atoms with Crippen LogP contribution in [0.25, 0.3) is 11.3 Å². The third-order valence-electron chi connectivity index (χ3n) is 8.36. The highest BCUT2D eigenvalue weighted by Crippen LogP contribution is 2.29. The van der Waals surface area contributed by atoms with Crippen LogP contribution in [0, 0.1) is 12.8 Å². The average molecular weight is 576 g/mol. The number of anilines is 3. The van der Waals surface area contributed by atoms with E-state index >= 15 is 0 Å². The first-order valence-corrected chi connectivity index (χ1v) is 15.1. The summed E-state index contributed by atoms with van der Waals surface area (Å²) >= 11 is 0. The molecule has 3 N–H and O–H groups in total. The molecule has 1 saturated carbocycles. The zero-order valence-electron chi connectivity index (χ0n) is 25.7. The van der Waals surface area contributed by atoms with E-state index in [1.54, 1.807) is 6.20 Å². The van der Waals surface area contributed by atoms with Gasteiger partial charge in [-0.15, -0.1) is 0 Å². The van der Waals surface area contributed by atoms with Gasteiger partial charge in [-0.3, -0.25) is 9.59 Å². The minimum atomic E-state index is -0.156. The van der Waals surface area contributed by atoms with E-state index < -0.39 is 0 Å². The summed E-state index contributed by atoms with van der Waals surface area (Å²) in [4.78, 5) is 35.0. The number of aromatic nitrogens is 2. The topological polar surface area (TPSA) is 96.0 Å². The molecule has 43 heavy (non-hydrogen) atoms. The molecule has 1 aliphatic carbocycles. The summed E-state index contributed by atoms with van der Waals surface area (Å²) in [5, 5.41) is 9.52. The molecule has 4 aromatic rings. The van der Waals surface area contributed by atoms with Crippen LogP contribution in [0.1, 0.15) is 85.2 Å². The Labute approximate surface area is 254 Å². The summed E-state index contributed by atoms with van der Waals surface area (Å²) in [6.45, 7) is 10.6. The lowest BCUT2D eigenvalue weighted by Crippen LogP contribution is -2.41. The quantitative estimate of drug-likeness (QED) is 0.207. The number of benzene rings is 3. The Balaban J connectivity index is 1.26. The number of amides is 2. The van der Waals surface area contributed by atoms with Gasteiger partial charge in [0, 0.05) is 40.3 Å². The van der Waals surface area contributed by atoms with Crippen LogP contribution in [0.2, 0.25) is 0 Å². The molecule has 2 amide bonds. The van der Waals surface area contributed by atoms with Gasteiger partial charge in [-0.25, -0.2) is 9.97 Å². The van der Waals surface area contributed by atoms with Gasteiger partial charge in [0.05, 0.1) is 5.69 Å². The van der Waals surface area contributed by atoms with Crippen molar-refractivity contribution in [3.05, 3.63) is 101 Å². The van der Waals surface area contributed by atoms with Crippen molar-refractivity contribution >= 4 is 29.1 Å². The van der Waals surface area contributed by atoms with E-state index in [1.165, 1.54) is 18.4 Å². The van der Waals surface area contributed by atoms with Crippen LogP contribution in [0.15, 0.2) is 79.0 Å². The van der Waals surface area contributed by atoms with Crippen molar-refractivity contribution in [1.82, 2.24) is 15.3 Å². The molecule has 0 radical (unpaired) electrons. The maximum Gasteiger partial charge on any atom is 0.255 e. The number of hydrogen-bond donors (Lipinski definition) is 3. The fourth-order valence-electron chi connectivity index (χ4n) is 5.55. The Morgan fingerprint density at radius 2 is 1.51 bits per heavy atom. The normalized spacial score (nSPS) is 16.8. The lowest BCUT2D eigenvalue weighted by Gasteiger charge is -2.29. The van der Waals surface area contributed by atoms with E-state index in [0.29, 0.717) is 23.0 Å². The van der Waals surface area contributed by atoms with Crippen molar-refractivity contribution in [1.29, 1.82) is 0 Å². The smallest absolute Gasteiger partial charge is 0.255 e. The highest BCUT2D eigenvalue weighted by Gasteiger charge is 2.23. The predicted octanol–water partition coefficient (Wildman–Crippen LogP) is 8.05. The van der Waals surface area contributed by atoms with E-state index in [2.05, 4.69) is 48.6 Å². The molecule has 3 aromatic carbocycles. The number of carbonyl (C=O) groups is 2. The largest absolute Gasteiger partial charge is 0.349 e. The van der Waals surface area contributed by atoms with Gasteiger partial charge >= 0.3 is 0 Å². The standard InChI is InChI=1S/C36H41N5O2/c1-23-9-6-7-11-30(23)39-33(42)26-15-19-28(20-16-26)38-35-37-22-21-32(41-35)29-10-8-12-31(24(29)2)40-34(43)25-13-17-27(18-14-25)36(3,4)5/h8,10,12-23,30H,6-7,9,11H2,1-5H3,(H,39,42)(H,40,43)(H,37,38,41). The van der Waals surface area contributed by atoms with Crippen molar-refractivity contribution in [2.45, 2.75) is 71.8 Å². The maximum absolute atomic E-state index is 13.0. The average Bonchev–Trinajstić information content (AvgIpc) is 2.99. The third-order valence-corrected chi connectivity index (χ3v) is 8.36. The van der Waals surface area contributed by atoms with Crippen LogP contribution in [-0.4, -0.2) is 27.8 Å². The van der Waals surface area contributed by atoms with E-state index in [0.717, 1.165) is 41.0 Å². The lowest BCUT2D eigenvalue weighted by molar-refractivity contribution is 0.0909. The molecule has 5 rings (SSSR count). The van der Waals surface area contributed by atoms with Crippen LogP contribution >= 0.6 is 0 Å². The molecule has 7 heteroatoms. The molecule has 222 valence electrons. The van der Waals surface area contributed by atoms with Gasteiger partial charge in [-0.1, -0.05) is 64.8 Å². The molecule has 7 nitrogen and oxygen atoms in total. The molecule has 1 fully saturated rings. The Kier molecular flexibility index (Phi) is 8.90. The second-order valence-corrected chi connectivity index (χ2v) is 12.6. The van der Waals surface area contributed by atoms with Crippen molar-refractivity contribution in [2.75, 3.05) is 10.6 Å². The van der Waals surface area contributed by atoms with E-state index in [1.807, 2.05) is 79.7 Å². The molecule has 1 aliphatic rings. The molecule has 0 aliphatic heterocycles. The Morgan fingerprint density at radius 1 is 0.837 bits per heavy atom. The summed E-state index contributed by atoms with van der Waals surface area (Å²) in [6, 6.07) is 23.0. The second kappa shape index (κ2) is 12.8. The summed E-state index contributed by atoms with van der Waals surface area (Å²) in [5.41, 5.74) is 6.51. The molecular formula is C36H41N5O2. The predicted molar refractivity (Wildman–Crippen MR) is 174 cm³/mol. The summed E-state index contributed by atoms with van der Waals surface area (Å²) in [6.07, 6.45) is 6.32. The maximum atomic E-state index is 13.0. The number of rotatable bonds is 7. The van der Waals surface area contributed by atoms with Gasteiger partial charge < -0.3 is 16.0 Å². The van der Waals surface area contributed by atoms with Gasteiger partial charge in [-0.2, -0.15) is 0 Å². The first kappa shape index (κ1) is 30.0. The van der Waals surface area contributed by atoms with Crippen molar-refractivity contribution in [3.8, 4) is 11.3 Å². The first-order chi connectivity index (χ1) is 20.6. The molecule has 1 aromatic heterocycles. The fourth-order valence-corrected chi connectivity index (χ4v) is 5.55. The molecule has 2 atom stereocenters. The van der Waals surface area contributed by atoms with Crippen molar-refractivity contribution in [2.24, 2.45) is 5.92 Å². The Hall–Kier alpha value is -4.52. The van der Waals surface area contributed by atoms with Gasteiger partial charge in [0.1, 0.15) is 0 Å². The monoisotopic (exact) mass is 575 g/mol. The van der Waals surface area contributed by atoms with Crippen molar-refractivity contribution in [3.63, 3.8) is 0 Å². The van der Waals surface area contributed by atoms with Gasteiger partial charge in [-0.05, 0) is 90.8 Å². The number of nitrogens with one attached hydrogen (secondary N) is 3. The molecule has 2 unspecified atom stereocenters. The highest BCUT2D eigenvalue weighted by molar-refractivity contribution is 6.05. The molecule has 0 spiro atoms. The summed E-state index contributed by atoms with van der Waals surface area (Å²) in [7, 11) is 0. The van der Waals surface area contributed by atoms with Crippen LogP contribution in [-0.2, 0) is 5.41 Å². The summed E-state index contributed by atoms with van der Waals surface area (Å²) in [5.74, 6) is 0.761. The molecular weight excluding hydrogens is 534 g/mol. The SMILES string of the molecule is Cc1c(NC(=O)c2ccc(C(C)(C)C)cc2)cccc1-c1ccnc(Nc2ccc(C(=O)NC3CCCCC3C)cc2)n1. The van der Waals surface area contributed by atoms with Gasteiger partial charge in [0.25, 0.3) is 11.8 Å². The lowest BCUT2D eigenvalue weighted by atomic mass is 9.86. The minimum absolute atomic E-state index is 0.0260. The van der Waals surface area contributed by atoms with Crippen LogP contribution in [0.5, 0.6) is 0 Å². The minimum Gasteiger partial charge on any atom is -0.349 e. The van der Waals surface area contributed by atoms with E-state index in [4.69, 9.17) is 4.98 Å². The van der Waals surface area contributed by atoms with Gasteiger partial charge in [0.15, 0.2) is 0 Å². The number of nitrogens with zero attached hydrogens (tertiary/aromatic N) is 2. The van der Waals surface area contributed by atoms with Crippen LogP contribution in [0.3, 0.4) is 0 Å². The highest BCUT2D eigenvalue weighted by atomic mass is 16.2. The molecule has 0 bridgehead atoms. The Morgan fingerprint density at radius 3 is 2.21 bits per heavy atom. The number of carbonyl (C=O) groups excluding carboxylic acids is 2. The first-order valence-electron chi connectivity index (χ1n) is 15.1. The third kappa shape index (κ3) is 7.28.